The summed E-state index contributed by atoms with van der Waals surface area (Å²) < 4.78 is 0.887. The molecule has 2 heterocycles. The number of halogens is 2. The van der Waals surface area contributed by atoms with Crippen molar-refractivity contribution in [1.29, 1.82) is 0 Å². The number of carbonyl (C=O) groups is 10. The molecule has 22 nitrogen and oxygen atoms in total. The number of aromatic nitrogens is 2. The van der Waals surface area contributed by atoms with Crippen molar-refractivity contribution in [3.05, 3.63) is 69.4 Å². The Hall–Kier alpha value is -7.01. The fraction of sp³-hybridized carbons (Fsp3) is 0.480. The average Bonchev–Trinajstić information content (AvgIpc) is 3.93. The summed E-state index contributed by atoms with van der Waals surface area (Å²) in [5, 5.41) is 54.9. The van der Waals surface area contributed by atoms with E-state index in [1.54, 1.807) is 24.5 Å². The van der Waals surface area contributed by atoms with E-state index in [1.807, 2.05) is 24.3 Å². The molecule has 2 fully saturated rings. The monoisotopic (exact) mass is 1110 g/mol. The van der Waals surface area contributed by atoms with Crippen molar-refractivity contribution in [2.24, 2.45) is 0 Å². The van der Waals surface area contributed by atoms with Crippen LogP contribution in [0.1, 0.15) is 115 Å². The first-order valence-corrected chi connectivity index (χ1v) is 25.4. The van der Waals surface area contributed by atoms with Gasteiger partial charge in [0.05, 0.1) is 0 Å². The predicted octanol–water partition coefficient (Wildman–Crippen LogP) is 4.35. The standard InChI is InChI=1S/C25H31BrN4O7.C25H31ClN4O7/c2*1-14(31)28-20(11-15-13-27-19-12-16(26)5-6-17(15)19)22(34)30-25(9-3-2-4-10-25)24(37)29-18(23(35)36)7-8-21(32)33/h2*5-6,12-13,18,20,27H,2-4,7-11H2,1H3,(H,28,31)(H,29,37)(H,30,34)(H,32,33)(H,35,36)/t2*18-,20-/m00/s1. The van der Waals surface area contributed by atoms with E-state index in [4.69, 9.17) is 21.8 Å². The van der Waals surface area contributed by atoms with Crippen LogP contribution in [0.15, 0.2) is 53.3 Å². The number of nitrogens with one attached hydrogen (secondary N) is 8. The van der Waals surface area contributed by atoms with E-state index >= 15 is 0 Å². The lowest BCUT2D eigenvalue weighted by Gasteiger charge is -2.38. The largest absolute Gasteiger partial charge is 0.481 e. The van der Waals surface area contributed by atoms with Crippen molar-refractivity contribution in [3.63, 3.8) is 0 Å². The van der Waals surface area contributed by atoms with Crippen LogP contribution in [0.5, 0.6) is 0 Å². The quantitative estimate of drug-likeness (QED) is 0.0521. The van der Waals surface area contributed by atoms with Gasteiger partial charge in [-0.05, 0) is 73.9 Å². The second-order valence-electron chi connectivity index (χ2n) is 18.8. The number of aromatic amines is 2. The summed E-state index contributed by atoms with van der Waals surface area (Å²) in [6.45, 7) is 2.59. The maximum Gasteiger partial charge on any atom is 0.326 e. The molecule has 0 radical (unpaired) electrons. The van der Waals surface area contributed by atoms with E-state index in [0.29, 0.717) is 43.5 Å². The van der Waals surface area contributed by atoms with Crippen molar-refractivity contribution in [1.82, 2.24) is 41.9 Å². The van der Waals surface area contributed by atoms with Gasteiger partial charge in [0.2, 0.25) is 35.4 Å². The van der Waals surface area contributed by atoms with Crippen LogP contribution < -0.4 is 31.9 Å². The van der Waals surface area contributed by atoms with E-state index in [2.05, 4.69) is 57.8 Å². The van der Waals surface area contributed by atoms with Crippen molar-refractivity contribution >= 4 is 109 Å². The fourth-order valence-electron chi connectivity index (χ4n) is 9.42. The first-order valence-electron chi connectivity index (χ1n) is 24.2. The van der Waals surface area contributed by atoms with E-state index < -0.39 is 107 Å². The highest BCUT2D eigenvalue weighted by Gasteiger charge is 2.45. The molecule has 0 bridgehead atoms. The third kappa shape index (κ3) is 16.0. The van der Waals surface area contributed by atoms with Crippen molar-refractivity contribution < 1.29 is 68.4 Å². The summed E-state index contributed by atoms with van der Waals surface area (Å²) >= 11 is 9.47. The van der Waals surface area contributed by atoms with Crippen LogP contribution in [0.25, 0.3) is 21.8 Å². The van der Waals surface area contributed by atoms with Gasteiger partial charge in [0, 0.05) is 83.2 Å². The zero-order valence-electron chi connectivity index (χ0n) is 40.9. The van der Waals surface area contributed by atoms with Crippen LogP contribution in [-0.2, 0) is 60.8 Å². The minimum Gasteiger partial charge on any atom is -0.481 e. The lowest BCUT2D eigenvalue weighted by atomic mass is 9.80. The molecule has 2 aromatic heterocycles. The van der Waals surface area contributed by atoms with Crippen LogP contribution in [0.3, 0.4) is 0 Å². The Morgan fingerprint density at radius 2 is 0.959 bits per heavy atom. The number of amides is 6. The molecule has 4 atom stereocenters. The fourth-order valence-corrected chi connectivity index (χ4v) is 9.95. The molecule has 0 unspecified atom stereocenters. The Kier molecular flexibility index (Phi) is 20.6. The van der Waals surface area contributed by atoms with Crippen molar-refractivity contribution in [3.8, 4) is 0 Å². The zero-order chi connectivity index (χ0) is 54.3. The van der Waals surface area contributed by atoms with Gasteiger partial charge >= 0.3 is 23.9 Å². The second kappa shape index (κ2) is 26.3. The number of carboxylic acid groups (broad SMARTS) is 4. The lowest BCUT2D eigenvalue weighted by molar-refractivity contribution is -0.145. The average molecular weight is 1110 g/mol. The maximum atomic E-state index is 13.5. The van der Waals surface area contributed by atoms with Crippen LogP contribution in [-0.4, -0.2) is 125 Å². The molecule has 74 heavy (non-hydrogen) atoms. The Morgan fingerprint density at radius 1 is 0.568 bits per heavy atom. The summed E-state index contributed by atoms with van der Waals surface area (Å²) in [4.78, 5) is 129. The Balaban J connectivity index is 0.000000274. The molecular weight excluding hydrogens is 1050 g/mol. The number of hydrogen-bond donors (Lipinski definition) is 12. The van der Waals surface area contributed by atoms with Crippen molar-refractivity contribution in [2.75, 3.05) is 0 Å². The minimum atomic E-state index is -1.41. The van der Waals surface area contributed by atoms with Gasteiger partial charge in [-0.25, -0.2) is 9.59 Å². The van der Waals surface area contributed by atoms with Crippen LogP contribution in [0, 0.1) is 0 Å². The van der Waals surface area contributed by atoms with E-state index in [9.17, 15) is 58.2 Å². The molecular formula is C50H62BrClN8O14. The van der Waals surface area contributed by atoms with Crippen LogP contribution in [0.4, 0.5) is 0 Å². The number of rotatable bonds is 22. The molecule has 2 aliphatic rings. The van der Waals surface area contributed by atoms with Gasteiger partial charge < -0.3 is 62.3 Å². The van der Waals surface area contributed by atoms with Crippen LogP contribution in [0.2, 0.25) is 5.02 Å². The maximum absolute atomic E-state index is 13.5. The number of benzene rings is 2. The Bertz CT molecular complexity index is 2560. The van der Waals surface area contributed by atoms with Gasteiger partial charge in [0.15, 0.2) is 0 Å². The minimum absolute atomic E-state index is 0.140. The molecule has 2 aromatic carbocycles. The number of hydrogen-bond acceptors (Lipinski definition) is 10. The number of carbonyl (C=O) groups excluding carboxylic acids is 6. The molecule has 6 amide bonds. The molecule has 400 valence electrons. The number of fused-ring (bicyclic) bond motifs is 2. The van der Waals surface area contributed by atoms with E-state index in [1.165, 1.54) is 13.8 Å². The van der Waals surface area contributed by atoms with Gasteiger partial charge in [-0.3, -0.25) is 38.4 Å². The molecule has 2 saturated carbocycles. The topological polar surface area (TPSA) is 355 Å². The predicted molar refractivity (Wildman–Crippen MR) is 273 cm³/mol. The Morgan fingerprint density at radius 3 is 1.34 bits per heavy atom. The van der Waals surface area contributed by atoms with Gasteiger partial charge in [0.1, 0.15) is 35.2 Å². The first-order chi connectivity index (χ1) is 35.0. The van der Waals surface area contributed by atoms with Crippen molar-refractivity contribution in [2.45, 2.75) is 152 Å². The summed E-state index contributed by atoms with van der Waals surface area (Å²) in [5.41, 5.74) is 0.454. The highest BCUT2D eigenvalue weighted by atomic mass is 79.9. The molecule has 0 saturated heterocycles. The number of aliphatic carboxylic acids is 4. The summed E-state index contributed by atoms with van der Waals surface area (Å²) in [5.74, 6) is -8.39. The van der Waals surface area contributed by atoms with E-state index in [-0.39, 0.29) is 38.5 Å². The summed E-state index contributed by atoms with van der Waals surface area (Å²) in [7, 11) is 0. The molecule has 24 heteroatoms. The second-order valence-corrected chi connectivity index (χ2v) is 20.1. The van der Waals surface area contributed by atoms with Gasteiger partial charge in [0.25, 0.3) is 0 Å². The highest BCUT2D eigenvalue weighted by molar-refractivity contribution is 9.10. The van der Waals surface area contributed by atoms with Crippen LogP contribution >= 0.6 is 27.5 Å². The zero-order valence-corrected chi connectivity index (χ0v) is 43.2. The third-order valence-electron chi connectivity index (χ3n) is 13.2. The molecule has 0 spiro atoms. The first kappa shape index (κ1) is 57.9. The molecule has 0 aliphatic heterocycles. The molecule has 2 aliphatic carbocycles. The smallest absolute Gasteiger partial charge is 0.326 e. The lowest BCUT2D eigenvalue weighted by Crippen LogP contribution is -2.64. The molecule has 6 rings (SSSR count). The van der Waals surface area contributed by atoms with Gasteiger partial charge in [-0.15, -0.1) is 0 Å². The van der Waals surface area contributed by atoms with Gasteiger partial charge in [-0.1, -0.05) is 78.2 Å². The summed E-state index contributed by atoms with van der Waals surface area (Å²) in [6.07, 6.45) is 7.77. The number of H-pyrrole nitrogens is 2. The van der Waals surface area contributed by atoms with Gasteiger partial charge in [-0.2, -0.15) is 0 Å². The number of carboxylic acids is 4. The normalized spacial score (nSPS) is 16.4. The molecule has 12 N–H and O–H groups in total. The third-order valence-corrected chi connectivity index (χ3v) is 13.9. The summed E-state index contributed by atoms with van der Waals surface area (Å²) in [6, 6.07) is 6.15. The Labute approximate surface area is 438 Å². The highest BCUT2D eigenvalue weighted by Crippen LogP contribution is 2.32. The SMILES string of the molecule is CC(=O)N[C@@H](Cc1c[nH]c2cc(Br)ccc12)C(=O)NC1(C(=O)N[C@@H](CCC(=O)O)C(=O)O)CCCCC1.CC(=O)N[C@@H](Cc1c[nH]c2cc(Cl)ccc12)C(=O)NC1(C(=O)N[C@@H](CCC(=O)O)C(=O)O)CCCCC1. The van der Waals surface area contributed by atoms with E-state index in [0.717, 1.165) is 50.2 Å². The molecule has 4 aromatic rings.